The number of benzene rings is 2. The van der Waals surface area contributed by atoms with Crippen LogP contribution in [-0.2, 0) is 0 Å². The first-order chi connectivity index (χ1) is 8.93. The van der Waals surface area contributed by atoms with Crippen molar-refractivity contribution in [2.24, 2.45) is 0 Å². The second-order valence-electron chi connectivity index (χ2n) is 3.79. The number of hydrogen-bond acceptors (Lipinski definition) is 2. The molecule has 6 heteroatoms. The average molecular weight is 267 g/mol. The first-order valence-corrected chi connectivity index (χ1v) is 5.19. The molecule has 0 saturated carbocycles. The summed E-state index contributed by atoms with van der Waals surface area (Å²) in [4.78, 5) is 10.9. The monoisotopic (exact) mass is 267 g/mol. The molecule has 0 atom stereocenters. The van der Waals surface area contributed by atoms with Gasteiger partial charge in [-0.05, 0) is 24.3 Å². The zero-order chi connectivity index (χ0) is 14.2. The summed E-state index contributed by atoms with van der Waals surface area (Å²) < 4.78 is 41.2. The van der Waals surface area contributed by atoms with Gasteiger partial charge in [-0.15, -0.1) is 0 Å². The molecule has 3 nitrogen and oxygen atoms in total. The van der Waals surface area contributed by atoms with Crippen LogP contribution in [0.4, 0.5) is 18.9 Å². The first-order valence-electron chi connectivity index (χ1n) is 5.19. The van der Waals surface area contributed by atoms with Gasteiger partial charge in [-0.2, -0.15) is 0 Å². The van der Waals surface area contributed by atoms with Crippen molar-refractivity contribution >= 4 is 11.7 Å². The second-order valence-corrected chi connectivity index (χ2v) is 3.79. The summed E-state index contributed by atoms with van der Waals surface area (Å²) in [6.45, 7) is 0. The predicted octanol–water partition coefficient (Wildman–Crippen LogP) is 3.05. The van der Waals surface area contributed by atoms with Gasteiger partial charge in [0.1, 0.15) is 23.0 Å². The molecule has 3 N–H and O–H groups in total. The van der Waals surface area contributed by atoms with Gasteiger partial charge in [-0.1, -0.05) is 6.07 Å². The number of nitrogen functional groups attached to an aromatic ring is 1. The van der Waals surface area contributed by atoms with Crippen LogP contribution < -0.4 is 5.73 Å². The highest BCUT2D eigenvalue weighted by Crippen LogP contribution is 2.32. The molecule has 98 valence electrons. The quantitative estimate of drug-likeness (QED) is 0.822. The van der Waals surface area contributed by atoms with Crippen LogP contribution in [0.5, 0.6) is 0 Å². The van der Waals surface area contributed by atoms with Crippen LogP contribution in [0, 0.1) is 17.5 Å². The van der Waals surface area contributed by atoms with Crippen LogP contribution in [0.1, 0.15) is 10.4 Å². The number of carbonyl (C=O) groups is 1. The van der Waals surface area contributed by atoms with Crippen molar-refractivity contribution in [3.63, 3.8) is 0 Å². The van der Waals surface area contributed by atoms with E-state index in [1.54, 1.807) is 0 Å². The van der Waals surface area contributed by atoms with Crippen molar-refractivity contribution in [3.8, 4) is 11.1 Å². The lowest BCUT2D eigenvalue weighted by atomic mass is 10.00. The third kappa shape index (κ3) is 2.12. The highest BCUT2D eigenvalue weighted by atomic mass is 19.1. The van der Waals surface area contributed by atoms with E-state index in [9.17, 15) is 18.0 Å². The Bertz CT molecular complexity index is 651. The Morgan fingerprint density at radius 2 is 1.63 bits per heavy atom. The third-order valence-electron chi connectivity index (χ3n) is 2.62. The standard InChI is InChI=1S/C13H8F3NO2/c14-7-2-1-3-8(15)10(7)6-4-5-9(17)11(12(6)16)13(18)19/h1-5H,17H2,(H,18,19). The number of nitrogens with two attached hydrogens (primary N) is 1. The Morgan fingerprint density at radius 1 is 1.05 bits per heavy atom. The molecule has 2 rings (SSSR count). The first kappa shape index (κ1) is 12.9. The molecule has 0 aliphatic rings. The van der Waals surface area contributed by atoms with Crippen molar-refractivity contribution < 1.29 is 23.1 Å². The molecule has 2 aromatic carbocycles. The smallest absolute Gasteiger partial charge is 0.340 e. The van der Waals surface area contributed by atoms with E-state index in [1.807, 2.05) is 0 Å². The molecule has 0 heterocycles. The lowest BCUT2D eigenvalue weighted by molar-refractivity contribution is 0.0693. The number of halogens is 3. The van der Waals surface area contributed by atoms with Gasteiger partial charge in [0.05, 0.1) is 5.56 Å². The molecule has 0 aromatic heterocycles. The Labute approximate surface area is 106 Å². The van der Waals surface area contributed by atoms with Gasteiger partial charge in [0, 0.05) is 11.3 Å². The van der Waals surface area contributed by atoms with Crippen LogP contribution in [0.2, 0.25) is 0 Å². The summed E-state index contributed by atoms with van der Waals surface area (Å²) in [5, 5.41) is 8.85. The zero-order valence-corrected chi connectivity index (χ0v) is 9.45. The van der Waals surface area contributed by atoms with Crippen molar-refractivity contribution in [1.82, 2.24) is 0 Å². The summed E-state index contributed by atoms with van der Waals surface area (Å²) in [6, 6.07) is 5.16. The number of carboxylic acids is 1. The molecule has 0 radical (unpaired) electrons. The third-order valence-corrected chi connectivity index (χ3v) is 2.62. The number of hydrogen-bond donors (Lipinski definition) is 2. The fraction of sp³-hybridized carbons (Fsp3) is 0. The van der Waals surface area contributed by atoms with E-state index >= 15 is 0 Å². The molecule has 0 bridgehead atoms. The van der Waals surface area contributed by atoms with Gasteiger partial charge in [0.2, 0.25) is 0 Å². The summed E-state index contributed by atoms with van der Waals surface area (Å²) in [6.07, 6.45) is 0. The SMILES string of the molecule is Nc1ccc(-c2c(F)cccc2F)c(F)c1C(=O)O. The van der Waals surface area contributed by atoms with E-state index in [2.05, 4.69) is 0 Å². The normalized spacial score (nSPS) is 10.5. The molecule has 0 aliphatic heterocycles. The van der Waals surface area contributed by atoms with Crippen LogP contribution in [0.25, 0.3) is 11.1 Å². The maximum atomic E-state index is 14.0. The van der Waals surface area contributed by atoms with Crippen LogP contribution >= 0.6 is 0 Å². The van der Waals surface area contributed by atoms with Gasteiger partial charge in [-0.3, -0.25) is 0 Å². The Balaban J connectivity index is 2.78. The van der Waals surface area contributed by atoms with E-state index in [4.69, 9.17) is 10.8 Å². The van der Waals surface area contributed by atoms with Crippen molar-refractivity contribution in [3.05, 3.63) is 53.3 Å². The molecule has 0 amide bonds. The van der Waals surface area contributed by atoms with Crippen LogP contribution in [0.15, 0.2) is 30.3 Å². The zero-order valence-electron chi connectivity index (χ0n) is 9.45. The molecule has 0 aliphatic carbocycles. The van der Waals surface area contributed by atoms with Gasteiger partial charge in [0.25, 0.3) is 0 Å². The van der Waals surface area contributed by atoms with E-state index < -0.39 is 40.1 Å². The van der Waals surface area contributed by atoms with Crippen LogP contribution in [0.3, 0.4) is 0 Å². The van der Waals surface area contributed by atoms with E-state index in [0.717, 1.165) is 30.3 Å². The molecule has 19 heavy (non-hydrogen) atoms. The average Bonchev–Trinajstić information content (AvgIpc) is 2.31. The predicted molar refractivity (Wildman–Crippen MR) is 63.1 cm³/mol. The maximum absolute atomic E-state index is 14.0. The number of anilines is 1. The summed E-state index contributed by atoms with van der Waals surface area (Å²) in [7, 11) is 0. The number of rotatable bonds is 2. The molecule has 0 spiro atoms. The summed E-state index contributed by atoms with van der Waals surface area (Å²) >= 11 is 0. The second kappa shape index (κ2) is 4.64. The Morgan fingerprint density at radius 3 is 2.16 bits per heavy atom. The molecule has 0 saturated heterocycles. The van der Waals surface area contributed by atoms with Gasteiger partial charge >= 0.3 is 5.97 Å². The lowest BCUT2D eigenvalue weighted by Crippen LogP contribution is -2.07. The number of carboxylic acid groups (broad SMARTS) is 1. The summed E-state index contributed by atoms with van der Waals surface area (Å²) in [5.41, 5.74) is 3.11. The number of aromatic carboxylic acids is 1. The molecule has 0 fully saturated rings. The van der Waals surface area contributed by atoms with Gasteiger partial charge < -0.3 is 10.8 Å². The fourth-order valence-corrected chi connectivity index (χ4v) is 1.76. The largest absolute Gasteiger partial charge is 0.478 e. The Hall–Kier alpha value is -2.50. The molecular weight excluding hydrogens is 259 g/mol. The van der Waals surface area contributed by atoms with E-state index in [1.165, 1.54) is 0 Å². The van der Waals surface area contributed by atoms with Crippen LogP contribution in [-0.4, -0.2) is 11.1 Å². The van der Waals surface area contributed by atoms with Gasteiger partial charge in [-0.25, -0.2) is 18.0 Å². The van der Waals surface area contributed by atoms with Crippen molar-refractivity contribution in [1.29, 1.82) is 0 Å². The topological polar surface area (TPSA) is 63.3 Å². The minimum atomic E-state index is -1.60. The maximum Gasteiger partial charge on any atom is 0.340 e. The minimum Gasteiger partial charge on any atom is -0.478 e. The van der Waals surface area contributed by atoms with E-state index in [-0.39, 0.29) is 5.69 Å². The molecular formula is C13H8F3NO2. The fourth-order valence-electron chi connectivity index (χ4n) is 1.76. The van der Waals surface area contributed by atoms with Gasteiger partial charge in [0.15, 0.2) is 0 Å². The summed E-state index contributed by atoms with van der Waals surface area (Å²) in [5.74, 6) is -4.84. The minimum absolute atomic E-state index is 0.314. The molecule has 2 aromatic rings. The van der Waals surface area contributed by atoms with Crippen molar-refractivity contribution in [2.75, 3.05) is 5.73 Å². The van der Waals surface area contributed by atoms with E-state index in [0.29, 0.717) is 0 Å². The molecule has 0 unspecified atom stereocenters. The lowest BCUT2D eigenvalue weighted by Gasteiger charge is -2.10. The highest BCUT2D eigenvalue weighted by Gasteiger charge is 2.22. The Kier molecular flexibility index (Phi) is 3.16. The van der Waals surface area contributed by atoms with Crippen molar-refractivity contribution in [2.45, 2.75) is 0 Å². The highest BCUT2D eigenvalue weighted by molar-refractivity contribution is 5.95.